The lowest BCUT2D eigenvalue weighted by Crippen LogP contribution is -2.55. The first-order valence-electron chi connectivity index (χ1n) is 5.93. The van der Waals surface area contributed by atoms with Gasteiger partial charge >= 0.3 is 0 Å². The second-order valence-electron chi connectivity index (χ2n) is 4.85. The van der Waals surface area contributed by atoms with Gasteiger partial charge in [0.15, 0.2) is 0 Å². The number of hydrogen-bond acceptors (Lipinski definition) is 3. The van der Waals surface area contributed by atoms with Crippen LogP contribution in [-0.4, -0.2) is 53.1 Å². The smallest absolute Gasteiger partial charge is 0.0740 e. The Hall–Kier alpha value is -0.190. The minimum atomic E-state index is 0.649. The molecule has 4 heteroatoms. The minimum Gasteiger partial charge on any atom is -0.393 e. The molecule has 86 valence electrons. The van der Waals surface area contributed by atoms with Crippen molar-refractivity contribution in [1.29, 1.82) is 0 Å². The van der Waals surface area contributed by atoms with Gasteiger partial charge in [-0.25, -0.2) is 0 Å². The van der Waals surface area contributed by atoms with E-state index in [2.05, 4.69) is 16.7 Å². The van der Waals surface area contributed by atoms with Crippen LogP contribution in [0.1, 0.15) is 26.2 Å². The van der Waals surface area contributed by atoms with Crippen molar-refractivity contribution in [3.63, 3.8) is 0 Å². The first-order valence-corrected chi connectivity index (χ1v) is 6.34. The third kappa shape index (κ3) is 2.68. The molecule has 3 nitrogen and oxygen atoms in total. The summed E-state index contributed by atoms with van der Waals surface area (Å²) in [5, 5.41) is 0. The zero-order valence-corrected chi connectivity index (χ0v) is 10.3. The van der Waals surface area contributed by atoms with Gasteiger partial charge in [0, 0.05) is 38.1 Å². The summed E-state index contributed by atoms with van der Waals surface area (Å²) in [5.74, 6) is 0. The van der Waals surface area contributed by atoms with E-state index in [1.807, 2.05) is 0 Å². The molecule has 0 aliphatic carbocycles. The van der Waals surface area contributed by atoms with Crippen LogP contribution in [0.5, 0.6) is 0 Å². The molecule has 0 amide bonds. The van der Waals surface area contributed by atoms with Crippen LogP contribution in [0.15, 0.2) is 0 Å². The van der Waals surface area contributed by atoms with Crippen molar-refractivity contribution < 1.29 is 0 Å². The van der Waals surface area contributed by atoms with Gasteiger partial charge in [0.25, 0.3) is 0 Å². The SMILES string of the molecule is CC1CN2CCCC2CN1CCC(N)=S. The number of piperazine rings is 1. The van der Waals surface area contributed by atoms with Crippen molar-refractivity contribution in [2.45, 2.75) is 38.3 Å². The Bertz CT molecular complexity index is 244. The highest BCUT2D eigenvalue weighted by Crippen LogP contribution is 2.24. The van der Waals surface area contributed by atoms with Gasteiger partial charge in [-0.15, -0.1) is 0 Å². The average Bonchev–Trinajstić information content (AvgIpc) is 2.60. The van der Waals surface area contributed by atoms with Crippen LogP contribution in [-0.2, 0) is 0 Å². The fraction of sp³-hybridized carbons (Fsp3) is 0.909. The van der Waals surface area contributed by atoms with E-state index in [4.69, 9.17) is 18.0 Å². The van der Waals surface area contributed by atoms with Gasteiger partial charge in [0.05, 0.1) is 4.99 Å². The van der Waals surface area contributed by atoms with Crippen molar-refractivity contribution in [3.05, 3.63) is 0 Å². The molecule has 2 unspecified atom stereocenters. The molecule has 0 radical (unpaired) electrons. The number of thiocarbonyl (C=S) groups is 1. The van der Waals surface area contributed by atoms with Gasteiger partial charge in [-0.2, -0.15) is 0 Å². The second-order valence-corrected chi connectivity index (χ2v) is 5.38. The van der Waals surface area contributed by atoms with Gasteiger partial charge in [0.2, 0.25) is 0 Å². The van der Waals surface area contributed by atoms with Crippen LogP contribution < -0.4 is 5.73 Å². The van der Waals surface area contributed by atoms with Crippen LogP contribution in [0.25, 0.3) is 0 Å². The summed E-state index contributed by atoms with van der Waals surface area (Å²) < 4.78 is 0. The third-order valence-corrected chi connectivity index (χ3v) is 3.92. The van der Waals surface area contributed by atoms with Gasteiger partial charge < -0.3 is 5.73 Å². The molecule has 0 aromatic carbocycles. The van der Waals surface area contributed by atoms with E-state index in [0.717, 1.165) is 19.0 Å². The molecule has 2 aliphatic rings. The number of rotatable bonds is 3. The summed E-state index contributed by atoms with van der Waals surface area (Å²) in [4.78, 5) is 5.84. The first-order chi connectivity index (χ1) is 7.16. The van der Waals surface area contributed by atoms with E-state index in [-0.39, 0.29) is 0 Å². The van der Waals surface area contributed by atoms with Crippen molar-refractivity contribution in [1.82, 2.24) is 9.80 Å². The van der Waals surface area contributed by atoms with E-state index in [9.17, 15) is 0 Å². The molecular weight excluding hydrogens is 206 g/mol. The lowest BCUT2D eigenvalue weighted by atomic mass is 10.1. The molecule has 2 heterocycles. The summed E-state index contributed by atoms with van der Waals surface area (Å²) >= 11 is 4.94. The number of nitrogens with zero attached hydrogens (tertiary/aromatic N) is 2. The van der Waals surface area contributed by atoms with Crippen LogP contribution >= 0.6 is 12.2 Å². The Labute approximate surface area is 97.6 Å². The Morgan fingerprint density at radius 2 is 2.27 bits per heavy atom. The number of fused-ring (bicyclic) bond motifs is 1. The molecule has 2 rings (SSSR count). The van der Waals surface area contributed by atoms with Crippen LogP contribution in [0.3, 0.4) is 0 Å². The van der Waals surface area contributed by atoms with Gasteiger partial charge in [-0.3, -0.25) is 9.80 Å². The number of nitrogens with two attached hydrogens (primary N) is 1. The molecular formula is C11H21N3S. The van der Waals surface area contributed by atoms with Gasteiger partial charge in [-0.1, -0.05) is 12.2 Å². The standard InChI is InChI=1S/C11H21N3S/c1-9-7-14-5-2-3-10(14)8-13(9)6-4-11(12)15/h9-10H,2-8H2,1H3,(H2,12,15). The predicted molar refractivity (Wildman–Crippen MR) is 67.0 cm³/mol. The molecule has 0 aromatic rings. The summed E-state index contributed by atoms with van der Waals surface area (Å²) in [7, 11) is 0. The molecule has 15 heavy (non-hydrogen) atoms. The lowest BCUT2D eigenvalue weighted by molar-refractivity contribution is 0.0618. The fourth-order valence-corrected chi connectivity index (χ4v) is 2.90. The van der Waals surface area contributed by atoms with Crippen LogP contribution in [0, 0.1) is 0 Å². The summed E-state index contributed by atoms with van der Waals surface area (Å²) in [6.45, 7) is 7.10. The van der Waals surface area contributed by atoms with E-state index >= 15 is 0 Å². The van der Waals surface area contributed by atoms with E-state index in [1.54, 1.807) is 0 Å². The quantitative estimate of drug-likeness (QED) is 0.724. The first kappa shape index (κ1) is 11.3. The fourth-order valence-electron chi connectivity index (χ4n) is 2.81. The van der Waals surface area contributed by atoms with E-state index < -0.39 is 0 Å². The van der Waals surface area contributed by atoms with Crippen LogP contribution in [0.2, 0.25) is 0 Å². The highest BCUT2D eigenvalue weighted by Gasteiger charge is 2.33. The van der Waals surface area contributed by atoms with Crippen molar-refractivity contribution in [3.8, 4) is 0 Å². The molecule has 2 N–H and O–H groups in total. The maximum Gasteiger partial charge on any atom is 0.0740 e. The van der Waals surface area contributed by atoms with E-state index in [1.165, 1.54) is 32.5 Å². The Morgan fingerprint density at radius 3 is 3.00 bits per heavy atom. The summed E-state index contributed by atoms with van der Waals surface area (Å²) in [5.41, 5.74) is 5.56. The molecule has 2 saturated heterocycles. The molecule has 0 saturated carbocycles. The van der Waals surface area contributed by atoms with Crippen molar-refractivity contribution >= 4 is 17.2 Å². The third-order valence-electron chi connectivity index (χ3n) is 3.71. The summed E-state index contributed by atoms with van der Waals surface area (Å²) in [6, 6.07) is 1.46. The Balaban J connectivity index is 1.86. The monoisotopic (exact) mass is 227 g/mol. The van der Waals surface area contributed by atoms with Crippen molar-refractivity contribution in [2.24, 2.45) is 5.73 Å². The van der Waals surface area contributed by atoms with Gasteiger partial charge in [0.1, 0.15) is 0 Å². The zero-order chi connectivity index (χ0) is 10.8. The number of hydrogen-bond donors (Lipinski definition) is 1. The van der Waals surface area contributed by atoms with Crippen LogP contribution in [0.4, 0.5) is 0 Å². The zero-order valence-electron chi connectivity index (χ0n) is 9.48. The molecule has 2 atom stereocenters. The second kappa shape index (κ2) is 4.76. The molecule has 0 aromatic heterocycles. The largest absolute Gasteiger partial charge is 0.393 e. The minimum absolute atomic E-state index is 0.649. The molecule has 2 fully saturated rings. The highest BCUT2D eigenvalue weighted by atomic mass is 32.1. The average molecular weight is 227 g/mol. The molecule has 2 aliphatic heterocycles. The topological polar surface area (TPSA) is 32.5 Å². The predicted octanol–water partition coefficient (Wildman–Crippen LogP) is 0.831. The van der Waals surface area contributed by atoms with Crippen molar-refractivity contribution in [2.75, 3.05) is 26.2 Å². The maximum absolute atomic E-state index is 5.56. The lowest BCUT2D eigenvalue weighted by Gasteiger charge is -2.42. The van der Waals surface area contributed by atoms with E-state index in [0.29, 0.717) is 11.0 Å². The molecule has 0 bridgehead atoms. The maximum atomic E-state index is 5.56. The summed E-state index contributed by atoms with van der Waals surface area (Å²) in [6.07, 6.45) is 3.61. The Kier molecular flexibility index (Phi) is 3.59. The highest BCUT2D eigenvalue weighted by molar-refractivity contribution is 7.80. The normalized spacial score (nSPS) is 32.9. The van der Waals surface area contributed by atoms with Gasteiger partial charge in [-0.05, 0) is 26.3 Å². The Morgan fingerprint density at radius 1 is 1.47 bits per heavy atom. The molecule has 0 spiro atoms.